The third kappa shape index (κ3) is 11.0. The van der Waals surface area contributed by atoms with E-state index in [4.69, 9.17) is 4.74 Å². The topological polar surface area (TPSA) is 9.23 Å². The summed E-state index contributed by atoms with van der Waals surface area (Å²) in [5, 5.41) is 0. The number of unbranched alkanes of at least 4 members (excludes halogenated alkanes) is 8. The summed E-state index contributed by atoms with van der Waals surface area (Å²) >= 11 is 0. The number of halogens is 6. The third-order valence-electron chi connectivity index (χ3n) is 7.67. The monoisotopic (exact) mass is 524 g/mol. The maximum absolute atomic E-state index is 13.1. The average Bonchev–Trinajstić information content (AvgIpc) is 2.82. The lowest BCUT2D eigenvalue weighted by Crippen LogP contribution is -2.39. The quantitative estimate of drug-likeness (QED) is 0.137. The Morgan fingerprint density at radius 1 is 0.639 bits per heavy atom. The standard InChI is InChI=1S/C29H46F6O/c1-5-8-9-10-11-15-18-24(27(6-2,7-3)36-4)19-16-13-12-14-17-23-20-25(28(30,31)32)22-26(21-23)29(33,34)35/h20-22,24H,5-19H2,1-4H3. The lowest BCUT2D eigenvalue weighted by Gasteiger charge is -2.39. The van der Waals surface area contributed by atoms with Gasteiger partial charge in [-0.05, 0) is 68.2 Å². The van der Waals surface area contributed by atoms with Crippen LogP contribution in [0.5, 0.6) is 0 Å². The molecule has 1 aromatic rings. The van der Waals surface area contributed by atoms with Crippen LogP contribution in [0.1, 0.15) is 127 Å². The molecule has 1 aromatic carbocycles. The van der Waals surface area contributed by atoms with Crippen molar-refractivity contribution in [1.29, 1.82) is 0 Å². The van der Waals surface area contributed by atoms with Gasteiger partial charge in [0.05, 0.1) is 16.7 Å². The highest BCUT2D eigenvalue weighted by molar-refractivity contribution is 5.33. The van der Waals surface area contributed by atoms with Crippen molar-refractivity contribution in [2.75, 3.05) is 7.11 Å². The summed E-state index contributed by atoms with van der Waals surface area (Å²) in [7, 11) is 1.80. The van der Waals surface area contributed by atoms with Gasteiger partial charge in [0.25, 0.3) is 0 Å². The van der Waals surface area contributed by atoms with E-state index in [9.17, 15) is 26.3 Å². The molecule has 1 atom stereocenters. The molecule has 210 valence electrons. The largest absolute Gasteiger partial charge is 0.416 e. The van der Waals surface area contributed by atoms with Gasteiger partial charge in [0, 0.05) is 7.11 Å². The van der Waals surface area contributed by atoms with Crippen molar-refractivity contribution in [2.45, 2.75) is 135 Å². The van der Waals surface area contributed by atoms with Gasteiger partial charge in [0.15, 0.2) is 0 Å². The van der Waals surface area contributed by atoms with Gasteiger partial charge in [-0.1, -0.05) is 78.6 Å². The van der Waals surface area contributed by atoms with Crippen molar-refractivity contribution in [3.05, 3.63) is 34.9 Å². The SMILES string of the molecule is CCCCCCCCC(CCCCCCc1cc(C(F)(F)F)cc(C(F)(F)F)c1)C(CC)(CC)OC. The molecular weight excluding hydrogens is 478 g/mol. The van der Waals surface area contributed by atoms with Crippen molar-refractivity contribution >= 4 is 0 Å². The predicted molar refractivity (Wildman–Crippen MR) is 135 cm³/mol. The second kappa shape index (κ2) is 15.9. The van der Waals surface area contributed by atoms with Crippen LogP contribution in [0, 0.1) is 5.92 Å². The fourth-order valence-electron chi connectivity index (χ4n) is 5.36. The van der Waals surface area contributed by atoms with E-state index in [0.717, 1.165) is 57.1 Å². The molecule has 7 heteroatoms. The molecule has 0 aliphatic carbocycles. The maximum Gasteiger partial charge on any atom is 0.416 e. The Labute approximate surface area is 214 Å². The van der Waals surface area contributed by atoms with Crippen molar-refractivity contribution in [3.8, 4) is 0 Å². The molecule has 1 rings (SSSR count). The minimum Gasteiger partial charge on any atom is -0.378 e. The van der Waals surface area contributed by atoms with Crippen LogP contribution in [0.15, 0.2) is 18.2 Å². The van der Waals surface area contributed by atoms with Crippen molar-refractivity contribution in [1.82, 2.24) is 0 Å². The van der Waals surface area contributed by atoms with E-state index in [1.165, 1.54) is 38.5 Å². The van der Waals surface area contributed by atoms with Crippen LogP contribution in [0.3, 0.4) is 0 Å². The van der Waals surface area contributed by atoms with Gasteiger partial charge in [-0.3, -0.25) is 0 Å². The first-order valence-electron chi connectivity index (χ1n) is 13.8. The second-order valence-electron chi connectivity index (χ2n) is 10.1. The van der Waals surface area contributed by atoms with E-state index in [0.29, 0.717) is 12.3 Å². The van der Waals surface area contributed by atoms with Crippen LogP contribution in [0.4, 0.5) is 26.3 Å². The summed E-state index contributed by atoms with van der Waals surface area (Å²) in [6, 6.07) is 1.89. The zero-order chi connectivity index (χ0) is 27.2. The first kappa shape index (κ1) is 32.8. The van der Waals surface area contributed by atoms with Gasteiger partial charge in [-0.15, -0.1) is 0 Å². The predicted octanol–water partition coefficient (Wildman–Crippen LogP) is 10.8. The number of alkyl halides is 6. The zero-order valence-electron chi connectivity index (χ0n) is 22.6. The molecule has 0 fully saturated rings. The number of rotatable bonds is 18. The van der Waals surface area contributed by atoms with E-state index in [1.807, 2.05) is 0 Å². The molecule has 0 saturated heterocycles. The molecule has 0 N–H and O–H groups in total. The molecule has 0 aromatic heterocycles. The molecule has 0 amide bonds. The summed E-state index contributed by atoms with van der Waals surface area (Å²) in [4.78, 5) is 0. The van der Waals surface area contributed by atoms with E-state index in [2.05, 4.69) is 20.8 Å². The Morgan fingerprint density at radius 3 is 1.50 bits per heavy atom. The number of methoxy groups -OCH3 is 1. The third-order valence-corrected chi connectivity index (χ3v) is 7.67. The highest BCUT2D eigenvalue weighted by atomic mass is 19.4. The van der Waals surface area contributed by atoms with Crippen LogP contribution in [-0.4, -0.2) is 12.7 Å². The van der Waals surface area contributed by atoms with Crippen molar-refractivity contribution in [3.63, 3.8) is 0 Å². The molecule has 0 bridgehead atoms. The maximum atomic E-state index is 13.1. The van der Waals surface area contributed by atoms with Gasteiger partial charge in [-0.25, -0.2) is 0 Å². The van der Waals surface area contributed by atoms with Crippen LogP contribution in [-0.2, 0) is 23.5 Å². The number of aryl methyl sites for hydroxylation is 1. The van der Waals surface area contributed by atoms with E-state index in [1.54, 1.807) is 7.11 Å². The van der Waals surface area contributed by atoms with Crippen molar-refractivity contribution in [2.24, 2.45) is 5.92 Å². The first-order chi connectivity index (χ1) is 16.9. The molecular formula is C29H46F6O. The Hall–Kier alpha value is -1.24. The fraction of sp³-hybridized carbons (Fsp3) is 0.793. The second-order valence-corrected chi connectivity index (χ2v) is 10.1. The normalized spacial score (nSPS) is 13.8. The lowest BCUT2D eigenvalue weighted by atomic mass is 9.76. The number of benzene rings is 1. The van der Waals surface area contributed by atoms with Gasteiger partial charge in [0.2, 0.25) is 0 Å². The average molecular weight is 525 g/mol. The zero-order valence-corrected chi connectivity index (χ0v) is 22.6. The summed E-state index contributed by atoms with van der Waals surface area (Å²) < 4.78 is 84.5. The highest BCUT2D eigenvalue weighted by Gasteiger charge is 2.37. The van der Waals surface area contributed by atoms with E-state index >= 15 is 0 Å². The first-order valence-corrected chi connectivity index (χ1v) is 13.8. The van der Waals surface area contributed by atoms with E-state index in [-0.39, 0.29) is 23.7 Å². The molecule has 0 saturated carbocycles. The summed E-state index contributed by atoms with van der Waals surface area (Å²) in [6.07, 6.45) is 5.43. The minimum absolute atomic E-state index is 0.0912. The Bertz CT molecular complexity index is 681. The fourth-order valence-corrected chi connectivity index (χ4v) is 5.36. The molecule has 1 unspecified atom stereocenters. The van der Waals surface area contributed by atoms with Crippen LogP contribution >= 0.6 is 0 Å². The lowest BCUT2D eigenvalue weighted by molar-refractivity contribution is -0.143. The van der Waals surface area contributed by atoms with E-state index < -0.39 is 23.5 Å². The smallest absolute Gasteiger partial charge is 0.378 e. The van der Waals surface area contributed by atoms with Gasteiger partial charge in [0.1, 0.15) is 0 Å². The number of hydrogen-bond acceptors (Lipinski definition) is 1. The van der Waals surface area contributed by atoms with Gasteiger partial charge < -0.3 is 4.74 Å². The molecule has 0 heterocycles. The molecule has 0 aliphatic heterocycles. The van der Waals surface area contributed by atoms with Crippen LogP contribution < -0.4 is 0 Å². The molecule has 0 radical (unpaired) electrons. The van der Waals surface area contributed by atoms with Gasteiger partial charge in [-0.2, -0.15) is 26.3 Å². The summed E-state index contributed by atoms with van der Waals surface area (Å²) in [5.41, 5.74) is -2.51. The highest BCUT2D eigenvalue weighted by Crippen LogP contribution is 2.38. The Balaban J connectivity index is 2.62. The van der Waals surface area contributed by atoms with Gasteiger partial charge >= 0.3 is 12.4 Å². The van der Waals surface area contributed by atoms with Crippen LogP contribution in [0.25, 0.3) is 0 Å². The molecule has 0 spiro atoms. The summed E-state index contributed by atoms with van der Waals surface area (Å²) in [5.74, 6) is 0.460. The molecule has 36 heavy (non-hydrogen) atoms. The van der Waals surface area contributed by atoms with Crippen molar-refractivity contribution < 1.29 is 31.1 Å². The number of ether oxygens (including phenoxy) is 1. The Morgan fingerprint density at radius 2 is 1.08 bits per heavy atom. The molecule has 1 nitrogen and oxygen atoms in total. The van der Waals surface area contributed by atoms with Crippen LogP contribution in [0.2, 0.25) is 0 Å². The Kier molecular flexibility index (Phi) is 14.5. The summed E-state index contributed by atoms with van der Waals surface area (Å²) in [6.45, 7) is 6.56. The number of hydrogen-bond donors (Lipinski definition) is 0. The minimum atomic E-state index is -4.80. The molecule has 0 aliphatic rings.